The molecule has 0 saturated carbocycles. The predicted octanol–water partition coefficient (Wildman–Crippen LogP) is 1.76. The minimum Gasteiger partial charge on any atom is -0.458 e. The molecule has 1 atom stereocenters. The van der Waals surface area contributed by atoms with Gasteiger partial charge in [-0.25, -0.2) is 0 Å². The molecule has 1 radical (unpaired) electrons. The molecule has 1 unspecified atom stereocenters. The number of carbonyl (C=O) groups is 1. The fraction of sp³-hybridized carbons (Fsp3) is 0.714. The van der Waals surface area contributed by atoms with Crippen molar-refractivity contribution in [1.82, 2.24) is 0 Å². The highest BCUT2D eigenvalue weighted by molar-refractivity contribution is 5.66. The van der Waals surface area contributed by atoms with Crippen LogP contribution in [0.3, 0.4) is 0 Å². The molecule has 0 aliphatic rings. The molecule has 0 aromatic carbocycles. The second-order valence-electron chi connectivity index (χ2n) is 2.13. The molecule has 0 N–H and O–H groups in total. The monoisotopic (exact) mass is 129 g/mol. The molecule has 0 aliphatic heterocycles. The Kier molecular flexibility index (Phi) is 4.10. The molecule has 0 aliphatic carbocycles. The van der Waals surface area contributed by atoms with E-state index in [1.165, 1.54) is 6.92 Å². The number of esters is 1. The summed E-state index contributed by atoms with van der Waals surface area (Å²) >= 11 is 0. The average molecular weight is 129 g/mol. The van der Waals surface area contributed by atoms with Crippen LogP contribution in [-0.2, 0) is 9.53 Å². The van der Waals surface area contributed by atoms with Gasteiger partial charge in [0.2, 0.25) is 0 Å². The van der Waals surface area contributed by atoms with Crippen LogP contribution in [0.2, 0.25) is 0 Å². The zero-order valence-corrected chi connectivity index (χ0v) is 6.18. The Morgan fingerprint density at radius 3 is 2.67 bits per heavy atom. The summed E-state index contributed by atoms with van der Waals surface area (Å²) in [4.78, 5) is 10.2. The average Bonchev–Trinajstić information content (AvgIpc) is 1.83. The second kappa shape index (κ2) is 4.36. The summed E-state index contributed by atoms with van der Waals surface area (Å²) in [5.41, 5.74) is 0. The van der Waals surface area contributed by atoms with E-state index >= 15 is 0 Å². The van der Waals surface area contributed by atoms with Gasteiger partial charge in [-0.05, 0) is 12.3 Å². The van der Waals surface area contributed by atoms with Crippen molar-refractivity contribution in [2.75, 3.05) is 0 Å². The number of ether oxygens (including phenoxy) is 1. The van der Waals surface area contributed by atoms with Crippen LogP contribution in [-0.4, -0.2) is 5.97 Å². The Bertz CT molecular complexity index is 88.9. The molecular weight excluding hydrogens is 116 g/mol. The standard InChI is InChI=1S/C7H13O2/c1-4-6(2)5-9-7(3)8/h5-6H,4H2,1-3H3. The third-order valence-electron chi connectivity index (χ3n) is 1.11. The van der Waals surface area contributed by atoms with E-state index < -0.39 is 0 Å². The lowest BCUT2D eigenvalue weighted by atomic mass is 10.1. The summed E-state index contributed by atoms with van der Waals surface area (Å²) in [6, 6.07) is 0. The van der Waals surface area contributed by atoms with Crippen LogP contribution in [0.15, 0.2) is 0 Å². The molecule has 0 fully saturated rings. The summed E-state index contributed by atoms with van der Waals surface area (Å²) in [7, 11) is 0. The second-order valence-corrected chi connectivity index (χ2v) is 2.13. The molecule has 9 heavy (non-hydrogen) atoms. The lowest BCUT2D eigenvalue weighted by molar-refractivity contribution is -0.138. The normalized spacial score (nSPS) is 12.8. The summed E-state index contributed by atoms with van der Waals surface area (Å²) < 4.78 is 4.63. The number of carbonyl (C=O) groups excluding carboxylic acids is 1. The number of hydrogen-bond acceptors (Lipinski definition) is 2. The van der Waals surface area contributed by atoms with E-state index in [1.54, 1.807) is 6.61 Å². The maximum Gasteiger partial charge on any atom is 0.303 e. The summed E-state index contributed by atoms with van der Waals surface area (Å²) in [5, 5.41) is 0. The van der Waals surface area contributed by atoms with E-state index in [2.05, 4.69) is 4.74 Å². The SMILES string of the molecule is CCC(C)[CH]OC(C)=O. The Morgan fingerprint density at radius 1 is 1.78 bits per heavy atom. The smallest absolute Gasteiger partial charge is 0.303 e. The van der Waals surface area contributed by atoms with Gasteiger partial charge in [0.05, 0.1) is 0 Å². The van der Waals surface area contributed by atoms with Gasteiger partial charge >= 0.3 is 5.97 Å². The first-order chi connectivity index (χ1) is 4.16. The maximum absolute atomic E-state index is 10.2. The molecular formula is C7H13O2. The van der Waals surface area contributed by atoms with Crippen molar-refractivity contribution in [1.29, 1.82) is 0 Å². The van der Waals surface area contributed by atoms with E-state index in [1.807, 2.05) is 13.8 Å². The minimum absolute atomic E-state index is 0.240. The molecule has 0 bridgehead atoms. The molecule has 0 aromatic rings. The van der Waals surface area contributed by atoms with E-state index in [0.717, 1.165) is 6.42 Å². The van der Waals surface area contributed by atoms with Crippen molar-refractivity contribution in [3.05, 3.63) is 6.61 Å². The molecule has 0 saturated heterocycles. The Labute approximate surface area is 56.2 Å². The third kappa shape index (κ3) is 5.34. The summed E-state index contributed by atoms with van der Waals surface area (Å²) in [5.74, 6) is 0.129. The Hall–Kier alpha value is -0.530. The minimum atomic E-state index is -0.240. The first-order valence-corrected chi connectivity index (χ1v) is 3.17. The van der Waals surface area contributed by atoms with Gasteiger partial charge in [0, 0.05) is 6.92 Å². The maximum atomic E-state index is 10.2. The van der Waals surface area contributed by atoms with Gasteiger partial charge in [0.15, 0.2) is 0 Å². The van der Waals surface area contributed by atoms with Crippen molar-refractivity contribution in [2.45, 2.75) is 27.2 Å². The molecule has 0 rings (SSSR count). The van der Waals surface area contributed by atoms with Crippen molar-refractivity contribution >= 4 is 5.97 Å². The predicted molar refractivity (Wildman–Crippen MR) is 35.5 cm³/mol. The van der Waals surface area contributed by atoms with Gasteiger partial charge in [0.1, 0.15) is 6.61 Å². The molecule has 2 heteroatoms. The number of rotatable bonds is 3. The third-order valence-corrected chi connectivity index (χ3v) is 1.11. The molecule has 0 amide bonds. The van der Waals surface area contributed by atoms with Gasteiger partial charge in [-0.2, -0.15) is 0 Å². The van der Waals surface area contributed by atoms with Crippen molar-refractivity contribution in [2.24, 2.45) is 5.92 Å². The van der Waals surface area contributed by atoms with E-state index in [4.69, 9.17) is 0 Å². The fourth-order valence-electron chi connectivity index (χ4n) is 0.308. The molecule has 0 heterocycles. The van der Waals surface area contributed by atoms with Gasteiger partial charge < -0.3 is 4.74 Å². The van der Waals surface area contributed by atoms with Crippen LogP contribution in [0.5, 0.6) is 0 Å². The number of hydrogen-bond donors (Lipinski definition) is 0. The largest absolute Gasteiger partial charge is 0.458 e. The van der Waals surface area contributed by atoms with Crippen molar-refractivity contribution in [3.8, 4) is 0 Å². The van der Waals surface area contributed by atoms with E-state index in [9.17, 15) is 4.79 Å². The van der Waals surface area contributed by atoms with Crippen LogP contribution in [0, 0.1) is 12.5 Å². The van der Waals surface area contributed by atoms with Gasteiger partial charge in [-0.1, -0.05) is 13.8 Å². The van der Waals surface area contributed by atoms with Crippen LogP contribution in [0.1, 0.15) is 27.2 Å². The Morgan fingerprint density at radius 2 is 2.33 bits per heavy atom. The van der Waals surface area contributed by atoms with Crippen molar-refractivity contribution < 1.29 is 9.53 Å². The van der Waals surface area contributed by atoms with Gasteiger partial charge in [-0.15, -0.1) is 0 Å². The van der Waals surface area contributed by atoms with Gasteiger partial charge in [0.25, 0.3) is 0 Å². The fourth-order valence-corrected chi connectivity index (χ4v) is 0.308. The summed E-state index contributed by atoms with van der Waals surface area (Å²) in [6.45, 7) is 7.02. The highest BCUT2D eigenvalue weighted by Crippen LogP contribution is 2.04. The van der Waals surface area contributed by atoms with Crippen LogP contribution in [0.25, 0.3) is 0 Å². The lowest BCUT2D eigenvalue weighted by Crippen LogP contribution is -2.01. The van der Waals surface area contributed by atoms with Crippen molar-refractivity contribution in [3.63, 3.8) is 0 Å². The topological polar surface area (TPSA) is 26.3 Å². The zero-order chi connectivity index (χ0) is 7.28. The summed E-state index contributed by atoms with van der Waals surface area (Å²) in [6.07, 6.45) is 1.01. The Balaban J connectivity index is 3.16. The first kappa shape index (κ1) is 8.47. The molecule has 0 aromatic heterocycles. The quantitative estimate of drug-likeness (QED) is 0.543. The van der Waals surface area contributed by atoms with E-state index in [-0.39, 0.29) is 5.97 Å². The van der Waals surface area contributed by atoms with Gasteiger partial charge in [-0.3, -0.25) is 4.79 Å². The molecule has 2 nitrogen and oxygen atoms in total. The highest BCUT2D eigenvalue weighted by atomic mass is 16.5. The molecule has 0 spiro atoms. The lowest BCUT2D eigenvalue weighted by Gasteiger charge is -2.05. The van der Waals surface area contributed by atoms with Crippen LogP contribution < -0.4 is 0 Å². The van der Waals surface area contributed by atoms with Crippen LogP contribution >= 0.6 is 0 Å². The van der Waals surface area contributed by atoms with E-state index in [0.29, 0.717) is 5.92 Å². The van der Waals surface area contributed by atoms with Crippen LogP contribution in [0.4, 0.5) is 0 Å². The molecule has 53 valence electrons. The zero-order valence-electron chi connectivity index (χ0n) is 6.18. The first-order valence-electron chi connectivity index (χ1n) is 3.17. The highest BCUT2D eigenvalue weighted by Gasteiger charge is 2.00.